The smallest absolute Gasteiger partial charge is 0.235 e. The van der Waals surface area contributed by atoms with Crippen molar-refractivity contribution < 1.29 is 9.59 Å². The molecule has 2 amide bonds. The van der Waals surface area contributed by atoms with E-state index in [0.29, 0.717) is 0 Å². The number of nitrogens with one attached hydrogen (secondary N) is 2. The molecule has 0 unspecified atom stereocenters. The van der Waals surface area contributed by atoms with E-state index in [1.54, 1.807) is 0 Å². The van der Waals surface area contributed by atoms with Gasteiger partial charge in [-0.25, -0.2) is 0 Å². The summed E-state index contributed by atoms with van der Waals surface area (Å²) >= 11 is 0. The quantitative estimate of drug-likeness (QED) is 0.645. The Labute approximate surface area is 180 Å². The van der Waals surface area contributed by atoms with E-state index in [0.717, 1.165) is 48.2 Å². The van der Waals surface area contributed by atoms with Crippen molar-refractivity contribution >= 4 is 23.2 Å². The van der Waals surface area contributed by atoms with Crippen LogP contribution in [-0.4, -0.2) is 11.8 Å². The van der Waals surface area contributed by atoms with Crippen molar-refractivity contribution in [2.45, 2.75) is 77.6 Å². The van der Waals surface area contributed by atoms with Crippen LogP contribution in [0.5, 0.6) is 0 Å². The first-order valence-corrected chi connectivity index (χ1v) is 10.9. The number of hydrogen-bond acceptors (Lipinski definition) is 2. The van der Waals surface area contributed by atoms with Crippen molar-refractivity contribution in [3.8, 4) is 0 Å². The van der Waals surface area contributed by atoms with Crippen LogP contribution in [0.4, 0.5) is 11.4 Å². The maximum atomic E-state index is 13.7. The van der Waals surface area contributed by atoms with E-state index in [1.807, 2.05) is 25.1 Å². The first kappa shape index (κ1) is 22.1. The molecule has 0 atom stereocenters. The lowest BCUT2D eigenvalue weighted by Gasteiger charge is -2.37. The van der Waals surface area contributed by atoms with E-state index < -0.39 is 5.41 Å². The van der Waals surface area contributed by atoms with E-state index in [4.69, 9.17) is 0 Å². The topological polar surface area (TPSA) is 58.2 Å². The summed E-state index contributed by atoms with van der Waals surface area (Å²) in [5, 5.41) is 6.03. The van der Waals surface area contributed by atoms with Crippen LogP contribution >= 0.6 is 0 Å². The number of rotatable bonds is 4. The molecule has 2 aromatic rings. The molecule has 0 bridgehead atoms. The molecular formula is C26H34N2O2. The normalized spacial score (nSPS) is 16.0. The Balaban J connectivity index is 1.93. The molecule has 2 aromatic carbocycles. The molecule has 2 N–H and O–H groups in total. The number of hydrogen-bond donors (Lipinski definition) is 2. The van der Waals surface area contributed by atoms with Crippen LogP contribution in [0.15, 0.2) is 42.5 Å². The second-order valence-electron chi connectivity index (χ2n) is 9.58. The fraction of sp³-hybridized carbons (Fsp3) is 0.462. The Hall–Kier alpha value is -2.62. The van der Waals surface area contributed by atoms with Gasteiger partial charge in [0.05, 0.1) is 5.41 Å². The predicted octanol–water partition coefficient (Wildman–Crippen LogP) is 6.09. The molecule has 1 fully saturated rings. The monoisotopic (exact) mass is 406 g/mol. The lowest BCUT2D eigenvalue weighted by atomic mass is 9.68. The molecule has 4 heteroatoms. The molecule has 0 saturated heterocycles. The van der Waals surface area contributed by atoms with E-state index >= 15 is 0 Å². The highest BCUT2D eigenvalue weighted by atomic mass is 16.2. The van der Waals surface area contributed by atoms with Crippen molar-refractivity contribution in [3.05, 3.63) is 59.2 Å². The molecular weight excluding hydrogens is 372 g/mol. The number of carbonyl (C=O) groups is 2. The van der Waals surface area contributed by atoms with Crippen molar-refractivity contribution in [1.82, 2.24) is 0 Å². The van der Waals surface area contributed by atoms with Crippen LogP contribution in [0.2, 0.25) is 0 Å². The number of anilines is 2. The summed E-state index contributed by atoms with van der Waals surface area (Å²) in [6.45, 7) is 10.0. The first-order chi connectivity index (χ1) is 14.1. The van der Waals surface area contributed by atoms with Gasteiger partial charge in [0.15, 0.2) is 0 Å². The Morgan fingerprint density at radius 1 is 0.867 bits per heavy atom. The largest absolute Gasteiger partial charge is 0.326 e. The van der Waals surface area contributed by atoms with Crippen LogP contribution in [0.3, 0.4) is 0 Å². The summed E-state index contributed by atoms with van der Waals surface area (Å²) < 4.78 is 0. The van der Waals surface area contributed by atoms with Gasteiger partial charge in [0.2, 0.25) is 11.8 Å². The van der Waals surface area contributed by atoms with Gasteiger partial charge in [0.25, 0.3) is 0 Å². The molecule has 0 aromatic heterocycles. The standard InChI is InChI=1S/C26H34N2O2/c1-18-22(27-19(2)29)10-9-11-23(18)28-24(30)26(16-7-6-8-17-26)21-14-12-20(13-15-21)25(3,4)5/h9-15H,6-8,16-17H2,1-5H3,(H,27,29)(H,28,30). The number of carbonyl (C=O) groups excluding carboxylic acids is 2. The van der Waals surface area contributed by atoms with Gasteiger partial charge in [-0.1, -0.05) is 70.4 Å². The Bertz CT molecular complexity index is 917. The third-order valence-electron chi connectivity index (χ3n) is 6.34. The maximum Gasteiger partial charge on any atom is 0.235 e. The van der Waals surface area contributed by atoms with Crippen molar-refractivity contribution in [2.75, 3.05) is 10.6 Å². The van der Waals surface area contributed by atoms with Gasteiger partial charge < -0.3 is 10.6 Å². The third kappa shape index (κ3) is 4.58. The second kappa shape index (κ2) is 8.63. The summed E-state index contributed by atoms with van der Waals surface area (Å²) in [5.41, 5.74) is 4.30. The van der Waals surface area contributed by atoms with Gasteiger partial charge >= 0.3 is 0 Å². The average molecular weight is 407 g/mol. The molecule has 1 aliphatic carbocycles. The van der Waals surface area contributed by atoms with Crippen molar-refractivity contribution in [2.24, 2.45) is 0 Å². The van der Waals surface area contributed by atoms with E-state index in [1.165, 1.54) is 18.9 Å². The number of amides is 2. The lowest BCUT2D eigenvalue weighted by molar-refractivity contribution is -0.122. The fourth-order valence-corrected chi connectivity index (χ4v) is 4.43. The minimum absolute atomic E-state index is 0.0498. The van der Waals surface area contributed by atoms with Gasteiger partial charge in [-0.15, -0.1) is 0 Å². The van der Waals surface area contributed by atoms with Gasteiger partial charge in [-0.05, 0) is 54.0 Å². The fourth-order valence-electron chi connectivity index (χ4n) is 4.43. The Morgan fingerprint density at radius 3 is 1.97 bits per heavy atom. The summed E-state index contributed by atoms with van der Waals surface area (Å²) in [4.78, 5) is 25.1. The Morgan fingerprint density at radius 2 is 1.43 bits per heavy atom. The molecule has 0 heterocycles. The summed E-state index contributed by atoms with van der Waals surface area (Å²) in [7, 11) is 0. The minimum Gasteiger partial charge on any atom is -0.326 e. The van der Waals surface area contributed by atoms with Crippen LogP contribution in [-0.2, 0) is 20.4 Å². The van der Waals surface area contributed by atoms with Gasteiger partial charge in [-0.2, -0.15) is 0 Å². The lowest BCUT2D eigenvalue weighted by Crippen LogP contribution is -2.42. The average Bonchev–Trinajstić information content (AvgIpc) is 2.70. The zero-order chi connectivity index (χ0) is 21.9. The zero-order valence-electron chi connectivity index (χ0n) is 18.9. The van der Waals surface area contributed by atoms with Crippen LogP contribution in [0.1, 0.15) is 76.5 Å². The van der Waals surface area contributed by atoms with Crippen LogP contribution in [0, 0.1) is 6.92 Å². The van der Waals surface area contributed by atoms with Crippen molar-refractivity contribution in [3.63, 3.8) is 0 Å². The second-order valence-corrected chi connectivity index (χ2v) is 9.58. The molecule has 0 radical (unpaired) electrons. The highest BCUT2D eigenvalue weighted by Gasteiger charge is 2.41. The molecule has 1 saturated carbocycles. The van der Waals surface area contributed by atoms with E-state index in [9.17, 15) is 9.59 Å². The first-order valence-electron chi connectivity index (χ1n) is 10.9. The third-order valence-corrected chi connectivity index (χ3v) is 6.34. The molecule has 3 rings (SSSR count). The van der Waals surface area contributed by atoms with Crippen LogP contribution < -0.4 is 10.6 Å². The minimum atomic E-state index is -0.509. The number of benzene rings is 2. The molecule has 0 aliphatic heterocycles. The molecule has 160 valence electrons. The van der Waals surface area contributed by atoms with Gasteiger partial charge in [0.1, 0.15) is 0 Å². The van der Waals surface area contributed by atoms with E-state index in [2.05, 4.69) is 55.7 Å². The highest BCUT2D eigenvalue weighted by Crippen LogP contribution is 2.41. The van der Waals surface area contributed by atoms with Gasteiger partial charge in [-0.3, -0.25) is 9.59 Å². The highest BCUT2D eigenvalue weighted by molar-refractivity contribution is 6.01. The summed E-state index contributed by atoms with van der Waals surface area (Å²) in [5.74, 6) is -0.0713. The summed E-state index contributed by atoms with van der Waals surface area (Å²) in [6, 6.07) is 14.2. The maximum absolute atomic E-state index is 13.7. The van der Waals surface area contributed by atoms with Gasteiger partial charge in [0, 0.05) is 18.3 Å². The molecule has 0 spiro atoms. The SMILES string of the molecule is CC(=O)Nc1cccc(NC(=O)C2(c3ccc(C(C)(C)C)cc3)CCCCC2)c1C. The zero-order valence-corrected chi connectivity index (χ0v) is 18.9. The molecule has 30 heavy (non-hydrogen) atoms. The van der Waals surface area contributed by atoms with Crippen LogP contribution in [0.25, 0.3) is 0 Å². The Kier molecular flexibility index (Phi) is 6.35. The summed E-state index contributed by atoms with van der Waals surface area (Å²) in [6.07, 6.45) is 5.00. The van der Waals surface area contributed by atoms with E-state index in [-0.39, 0.29) is 17.2 Å². The molecule has 4 nitrogen and oxygen atoms in total. The van der Waals surface area contributed by atoms with Crippen molar-refractivity contribution in [1.29, 1.82) is 0 Å². The predicted molar refractivity (Wildman–Crippen MR) is 124 cm³/mol. The molecule has 1 aliphatic rings.